The number of carbonyl (C=O) groups excluding carboxylic acids is 1. The number of hydrogen-bond acceptors (Lipinski definition) is 4. The fourth-order valence-corrected chi connectivity index (χ4v) is 6.63. The normalized spacial score (nSPS) is 20.9. The summed E-state index contributed by atoms with van der Waals surface area (Å²) in [5.41, 5.74) is 0.902. The van der Waals surface area contributed by atoms with Gasteiger partial charge in [-0.25, -0.2) is 9.36 Å². The first-order valence-electron chi connectivity index (χ1n) is 11.1. The molecule has 7 heteroatoms. The van der Waals surface area contributed by atoms with Crippen LogP contribution < -0.4 is 11.2 Å². The Hall–Kier alpha value is -2.67. The van der Waals surface area contributed by atoms with Crippen LogP contribution in [0.25, 0.3) is 15.9 Å². The lowest BCUT2D eigenvalue weighted by Gasteiger charge is -2.35. The fourth-order valence-electron chi connectivity index (χ4n) is 5.25. The molecule has 31 heavy (non-hydrogen) atoms. The zero-order chi connectivity index (χ0) is 21.7. The minimum Gasteiger partial charge on any atom is -0.341 e. The van der Waals surface area contributed by atoms with E-state index in [0.717, 1.165) is 44.3 Å². The molecule has 1 saturated heterocycles. The number of para-hydroxylation sites is 1. The standard InChI is InChI=1S/C24H27N3O3S/c1-15-11-16(2)13-25(12-15)20(28)14-26-23-21(18-9-6-10-19(18)31-23)22(29)27(24(26)30)17-7-4-3-5-8-17/h3-5,7-8,15-16H,6,9-14H2,1-2H3. The molecule has 1 fully saturated rings. The van der Waals surface area contributed by atoms with Crippen molar-refractivity contribution in [2.45, 2.75) is 46.1 Å². The summed E-state index contributed by atoms with van der Waals surface area (Å²) >= 11 is 1.51. The lowest BCUT2D eigenvalue weighted by atomic mass is 9.92. The number of aryl methyl sites for hydroxylation is 2. The Balaban J connectivity index is 1.66. The topological polar surface area (TPSA) is 64.3 Å². The van der Waals surface area contributed by atoms with Crippen LogP contribution in [0.5, 0.6) is 0 Å². The third-order valence-corrected chi connectivity index (χ3v) is 7.83. The van der Waals surface area contributed by atoms with Crippen molar-refractivity contribution < 1.29 is 4.79 Å². The number of aromatic nitrogens is 2. The number of likely N-dealkylation sites (tertiary alicyclic amines) is 1. The molecule has 1 aromatic carbocycles. The Bertz CT molecular complexity index is 1260. The van der Waals surface area contributed by atoms with E-state index in [1.54, 1.807) is 16.7 Å². The van der Waals surface area contributed by atoms with Gasteiger partial charge in [-0.05, 0) is 55.2 Å². The zero-order valence-electron chi connectivity index (χ0n) is 18.0. The van der Waals surface area contributed by atoms with Gasteiger partial charge in [0.05, 0.1) is 11.1 Å². The maximum Gasteiger partial charge on any atom is 0.337 e. The van der Waals surface area contributed by atoms with Gasteiger partial charge in [0.25, 0.3) is 5.56 Å². The third kappa shape index (κ3) is 3.45. The maximum atomic E-state index is 13.5. The lowest BCUT2D eigenvalue weighted by molar-refractivity contribution is -0.134. The fraction of sp³-hybridized carbons (Fsp3) is 0.458. The van der Waals surface area contributed by atoms with Gasteiger partial charge in [0.1, 0.15) is 11.4 Å². The van der Waals surface area contributed by atoms with E-state index in [1.165, 1.54) is 20.8 Å². The average Bonchev–Trinajstić information content (AvgIpc) is 3.32. The highest BCUT2D eigenvalue weighted by Crippen LogP contribution is 2.35. The first-order valence-corrected chi connectivity index (χ1v) is 11.9. The van der Waals surface area contributed by atoms with E-state index in [0.29, 0.717) is 27.7 Å². The van der Waals surface area contributed by atoms with Gasteiger partial charge < -0.3 is 4.90 Å². The molecule has 5 rings (SSSR count). The first-order chi connectivity index (χ1) is 14.9. The van der Waals surface area contributed by atoms with Crippen molar-refractivity contribution in [2.75, 3.05) is 13.1 Å². The van der Waals surface area contributed by atoms with Crippen molar-refractivity contribution >= 4 is 27.5 Å². The second-order valence-electron chi connectivity index (χ2n) is 9.13. The number of carbonyl (C=O) groups is 1. The quantitative estimate of drug-likeness (QED) is 0.632. The number of amides is 1. The Morgan fingerprint density at radius 3 is 2.48 bits per heavy atom. The molecule has 0 N–H and O–H groups in total. The molecule has 162 valence electrons. The number of piperidine rings is 1. The minimum absolute atomic E-state index is 0.0265. The molecule has 0 radical (unpaired) electrons. The molecule has 0 saturated carbocycles. The summed E-state index contributed by atoms with van der Waals surface area (Å²) in [7, 11) is 0. The molecule has 2 aromatic heterocycles. The van der Waals surface area contributed by atoms with Crippen molar-refractivity contribution in [3.8, 4) is 5.69 Å². The molecule has 3 aromatic rings. The summed E-state index contributed by atoms with van der Waals surface area (Å²) in [6.45, 7) is 5.75. The van der Waals surface area contributed by atoms with Gasteiger partial charge in [-0.15, -0.1) is 11.3 Å². The summed E-state index contributed by atoms with van der Waals surface area (Å²) in [6, 6.07) is 9.02. The molecule has 0 spiro atoms. The monoisotopic (exact) mass is 437 g/mol. The van der Waals surface area contributed by atoms with Crippen LogP contribution in [-0.2, 0) is 24.2 Å². The third-order valence-electron chi connectivity index (χ3n) is 6.52. The number of fused-ring (bicyclic) bond motifs is 3. The lowest BCUT2D eigenvalue weighted by Crippen LogP contribution is -2.46. The number of hydrogen-bond donors (Lipinski definition) is 0. The van der Waals surface area contributed by atoms with E-state index in [2.05, 4.69) is 13.8 Å². The van der Waals surface area contributed by atoms with Crippen LogP contribution >= 0.6 is 11.3 Å². The summed E-state index contributed by atoms with van der Waals surface area (Å²) in [5.74, 6) is 0.857. The van der Waals surface area contributed by atoms with Crippen molar-refractivity contribution in [3.05, 3.63) is 61.6 Å². The summed E-state index contributed by atoms with van der Waals surface area (Å²) in [6.07, 6.45) is 3.93. The van der Waals surface area contributed by atoms with Crippen LogP contribution in [0.4, 0.5) is 0 Å². The molecule has 2 aliphatic rings. The summed E-state index contributed by atoms with van der Waals surface area (Å²) < 4.78 is 2.78. The molecule has 1 amide bonds. The van der Waals surface area contributed by atoms with E-state index in [9.17, 15) is 14.4 Å². The average molecular weight is 438 g/mol. The predicted molar refractivity (Wildman–Crippen MR) is 123 cm³/mol. The molecule has 1 aliphatic carbocycles. The molecule has 6 nitrogen and oxygen atoms in total. The van der Waals surface area contributed by atoms with Crippen LogP contribution in [0.1, 0.15) is 37.1 Å². The Kier molecular flexibility index (Phi) is 5.08. The smallest absolute Gasteiger partial charge is 0.337 e. The Morgan fingerprint density at radius 1 is 1.06 bits per heavy atom. The van der Waals surface area contributed by atoms with Gasteiger partial charge in [-0.1, -0.05) is 32.0 Å². The van der Waals surface area contributed by atoms with Crippen molar-refractivity contribution in [1.29, 1.82) is 0 Å². The Morgan fingerprint density at radius 2 is 1.77 bits per heavy atom. The number of nitrogens with zero attached hydrogens (tertiary/aromatic N) is 3. The second-order valence-corrected chi connectivity index (χ2v) is 10.2. The van der Waals surface area contributed by atoms with E-state index in [-0.39, 0.29) is 18.0 Å². The number of rotatable bonds is 3. The SMILES string of the molecule is CC1CC(C)CN(C(=O)Cn2c(=O)n(-c3ccccc3)c(=O)c3c4c(sc32)CCC4)C1. The first kappa shape index (κ1) is 20.2. The molecule has 1 aliphatic heterocycles. The van der Waals surface area contributed by atoms with Crippen molar-refractivity contribution in [1.82, 2.24) is 14.0 Å². The Labute approximate surface area is 184 Å². The molecule has 2 atom stereocenters. The van der Waals surface area contributed by atoms with Crippen LogP contribution in [0, 0.1) is 11.8 Å². The van der Waals surface area contributed by atoms with E-state index in [1.807, 2.05) is 23.1 Å². The number of thiophene rings is 1. The van der Waals surface area contributed by atoms with Crippen LogP contribution in [0.3, 0.4) is 0 Å². The largest absolute Gasteiger partial charge is 0.341 e. The highest BCUT2D eigenvalue weighted by Gasteiger charge is 2.29. The van der Waals surface area contributed by atoms with Crippen LogP contribution in [0.2, 0.25) is 0 Å². The second kappa shape index (κ2) is 7.79. The molecular formula is C24H27N3O3S. The summed E-state index contributed by atoms with van der Waals surface area (Å²) in [4.78, 5) is 44.0. The van der Waals surface area contributed by atoms with E-state index >= 15 is 0 Å². The molecule has 0 bridgehead atoms. The van der Waals surface area contributed by atoms with Gasteiger partial charge >= 0.3 is 5.69 Å². The van der Waals surface area contributed by atoms with Crippen LogP contribution in [0.15, 0.2) is 39.9 Å². The molecular weight excluding hydrogens is 410 g/mol. The van der Waals surface area contributed by atoms with Gasteiger partial charge in [-0.2, -0.15) is 0 Å². The van der Waals surface area contributed by atoms with Crippen molar-refractivity contribution in [3.63, 3.8) is 0 Å². The number of benzene rings is 1. The van der Waals surface area contributed by atoms with Crippen molar-refractivity contribution in [2.24, 2.45) is 11.8 Å². The minimum atomic E-state index is -0.435. The van der Waals surface area contributed by atoms with Gasteiger partial charge in [0.2, 0.25) is 5.91 Å². The summed E-state index contributed by atoms with van der Waals surface area (Å²) in [5, 5.41) is 0.620. The highest BCUT2D eigenvalue weighted by atomic mass is 32.1. The predicted octanol–water partition coefficient (Wildman–Crippen LogP) is 3.21. The molecule has 3 heterocycles. The van der Waals surface area contributed by atoms with E-state index < -0.39 is 5.69 Å². The highest BCUT2D eigenvalue weighted by molar-refractivity contribution is 7.19. The van der Waals surface area contributed by atoms with Gasteiger partial charge in [0.15, 0.2) is 0 Å². The zero-order valence-corrected chi connectivity index (χ0v) is 18.8. The van der Waals surface area contributed by atoms with Gasteiger partial charge in [0, 0.05) is 18.0 Å². The van der Waals surface area contributed by atoms with Crippen LogP contribution in [-0.4, -0.2) is 33.0 Å². The molecule has 2 unspecified atom stereocenters. The van der Waals surface area contributed by atoms with Gasteiger partial charge in [-0.3, -0.25) is 14.2 Å². The maximum absolute atomic E-state index is 13.5. The van der Waals surface area contributed by atoms with E-state index in [4.69, 9.17) is 0 Å².